The van der Waals surface area contributed by atoms with Crippen LogP contribution in [0.15, 0.2) is 46.8 Å². The van der Waals surface area contributed by atoms with Gasteiger partial charge in [-0.1, -0.05) is 12.1 Å². The summed E-state index contributed by atoms with van der Waals surface area (Å²) in [6.07, 6.45) is 2.80. The van der Waals surface area contributed by atoms with E-state index in [0.717, 1.165) is 0 Å². The summed E-state index contributed by atoms with van der Waals surface area (Å²) in [5.74, 6) is -0.941. The second-order valence-electron chi connectivity index (χ2n) is 4.61. The van der Waals surface area contributed by atoms with E-state index in [1.165, 1.54) is 29.0 Å². The molecule has 23 heavy (non-hydrogen) atoms. The summed E-state index contributed by atoms with van der Waals surface area (Å²) >= 11 is 1.30. The maximum absolute atomic E-state index is 12.4. The maximum atomic E-state index is 12.4. The molecule has 3 aromatic rings. The summed E-state index contributed by atoms with van der Waals surface area (Å²) < 4.78 is 1.31. The Morgan fingerprint density at radius 1 is 1.17 bits per heavy atom. The van der Waals surface area contributed by atoms with Gasteiger partial charge in [-0.25, -0.2) is 4.98 Å². The van der Waals surface area contributed by atoms with Gasteiger partial charge in [0.2, 0.25) is 0 Å². The summed E-state index contributed by atoms with van der Waals surface area (Å²) in [4.78, 5) is 41.1. The van der Waals surface area contributed by atoms with Crippen LogP contribution < -0.4 is 16.2 Å². The SMILES string of the molecule is CNC(=O)c1ccccc1NC(=O)c1cnc2sccn2c1=O. The molecule has 0 spiro atoms. The normalized spacial score (nSPS) is 10.5. The minimum Gasteiger partial charge on any atom is -0.355 e. The lowest BCUT2D eigenvalue weighted by atomic mass is 10.1. The Labute approximate surface area is 134 Å². The summed E-state index contributed by atoms with van der Waals surface area (Å²) in [6, 6.07) is 6.56. The largest absolute Gasteiger partial charge is 0.355 e. The van der Waals surface area contributed by atoms with Gasteiger partial charge in [0.25, 0.3) is 17.4 Å². The second kappa shape index (κ2) is 6.01. The molecule has 0 bridgehead atoms. The Kier molecular flexibility index (Phi) is 3.90. The molecule has 0 aliphatic carbocycles. The highest BCUT2D eigenvalue weighted by atomic mass is 32.1. The van der Waals surface area contributed by atoms with Gasteiger partial charge in [-0.2, -0.15) is 0 Å². The van der Waals surface area contributed by atoms with Crippen molar-refractivity contribution in [3.05, 3.63) is 63.5 Å². The minimum absolute atomic E-state index is 0.0902. The van der Waals surface area contributed by atoms with Crippen LogP contribution in [0.2, 0.25) is 0 Å². The first-order chi connectivity index (χ1) is 11.1. The fourth-order valence-electron chi connectivity index (χ4n) is 2.09. The molecule has 116 valence electrons. The first-order valence-corrected chi connectivity index (χ1v) is 7.57. The number of aromatic nitrogens is 2. The van der Waals surface area contributed by atoms with Gasteiger partial charge in [0.05, 0.1) is 11.3 Å². The van der Waals surface area contributed by atoms with E-state index < -0.39 is 11.5 Å². The molecule has 0 aliphatic heterocycles. The molecule has 2 heterocycles. The van der Waals surface area contributed by atoms with E-state index in [1.807, 2.05) is 0 Å². The standard InChI is InChI=1S/C15H12N4O3S/c1-16-12(20)9-4-2-3-5-11(9)18-13(21)10-8-17-15-19(14(10)22)6-7-23-15/h2-8H,1H3,(H,16,20)(H,18,21). The topological polar surface area (TPSA) is 92.6 Å². The molecule has 7 nitrogen and oxygen atoms in total. The second-order valence-corrected chi connectivity index (χ2v) is 5.48. The van der Waals surface area contributed by atoms with Gasteiger partial charge in [0.15, 0.2) is 4.96 Å². The monoisotopic (exact) mass is 328 g/mol. The smallest absolute Gasteiger partial charge is 0.271 e. The number of hydrogen-bond donors (Lipinski definition) is 2. The van der Waals surface area contributed by atoms with E-state index >= 15 is 0 Å². The minimum atomic E-state index is -0.612. The summed E-state index contributed by atoms with van der Waals surface area (Å²) in [5, 5.41) is 6.80. The van der Waals surface area contributed by atoms with E-state index in [2.05, 4.69) is 15.6 Å². The predicted molar refractivity (Wildman–Crippen MR) is 87.1 cm³/mol. The molecule has 0 aliphatic rings. The van der Waals surface area contributed by atoms with Crippen molar-refractivity contribution in [1.29, 1.82) is 0 Å². The zero-order chi connectivity index (χ0) is 16.4. The molecular weight excluding hydrogens is 316 g/mol. The van der Waals surface area contributed by atoms with Gasteiger partial charge in [0.1, 0.15) is 5.56 Å². The zero-order valence-corrected chi connectivity index (χ0v) is 12.9. The van der Waals surface area contributed by atoms with Gasteiger partial charge in [-0.15, -0.1) is 11.3 Å². The van der Waals surface area contributed by atoms with E-state index in [9.17, 15) is 14.4 Å². The quantitative estimate of drug-likeness (QED) is 0.759. The van der Waals surface area contributed by atoms with Crippen LogP contribution in [-0.4, -0.2) is 28.2 Å². The molecule has 2 N–H and O–H groups in total. The van der Waals surface area contributed by atoms with Crippen molar-refractivity contribution < 1.29 is 9.59 Å². The van der Waals surface area contributed by atoms with Crippen molar-refractivity contribution in [2.45, 2.75) is 0 Å². The number of benzene rings is 1. The van der Waals surface area contributed by atoms with Crippen LogP contribution in [0.4, 0.5) is 5.69 Å². The van der Waals surface area contributed by atoms with Gasteiger partial charge < -0.3 is 10.6 Å². The third-order valence-electron chi connectivity index (χ3n) is 3.23. The molecule has 0 unspecified atom stereocenters. The third-order valence-corrected chi connectivity index (χ3v) is 4.01. The van der Waals surface area contributed by atoms with Crippen molar-refractivity contribution in [3.8, 4) is 0 Å². The number of para-hydroxylation sites is 1. The van der Waals surface area contributed by atoms with E-state index in [0.29, 0.717) is 16.2 Å². The van der Waals surface area contributed by atoms with Crippen LogP contribution in [0.3, 0.4) is 0 Å². The number of rotatable bonds is 3. The number of carbonyl (C=O) groups excluding carboxylic acids is 2. The van der Waals surface area contributed by atoms with Gasteiger partial charge in [0, 0.05) is 24.8 Å². The van der Waals surface area contributed by atoms with Crippen molar-refractivity contribution in [1.82, 2.24) is 14.7 Å². The molecule has 0 saturated heterocycles. The first kappa shape index (κ1) is 14.9. The Morgan fingerprint density at radius 3 is 2.74 bits per heavy atom. The van der Waals surface area contributed by atoms with E-state index in [1.54, 1.807) is 35.8 Å². The summed E-state index contributed by atoms with van der Waals surface area (Å²) in [5.41, 5.74) is 0.0958. The van der Waals surface area contributed by atoms with E-state index in [-0.39, 0.29) is 11.5 Å². The number of thiazole rings is 1. The lowest BCUT2D eigenvalue weighted by molar-refractivity contribution is 0.0964. The number of anilines is 1. The van der Waals surface area contributed by atoms with Crippen molar-refractivity contribution in [2.24, 2.45) is 0 Å². The maximum Gasteiger partial charge on any atom is 0.271 e. The number of fused-ring (bicyclic) bond motifs is 1. The number of nitrogens with one attached hydrogen (secondary N) is 2. The van der Waals surface area contributed by atoms with Crippen LogP contribution in [0.25, 0.3) is 4.96 Å². The van der Waals surface area contributed by atoms with Gasteiger partial charge in [-0.3, -0.25) is 18.8 Å². The van der Waals surface area contributed by atoms with Crippen LogP contribution in [0.5, 0.6) is 0 Å². The molecule has 8 heteroatoms. The highest BCUT2D eigenvalue weighted by Gasteiger charge is 2.17. The highest BCUT2D eigenvalue weighted by molar-refractivity contribution is 7.15. The molecule has 2 aromatic heterocycles. The Hall–Kier alpha value is -3.00. The average Bonchev–Trinajstić information content (AvgIpc) is 3.04. The molecule has 2 amide bonds. The first-order valence-electron chi connectivity index (χ1n) is 6.69. The summed E-state index contributed by atoms with van der Waals surface area (Å²) in [7, 11) is 1.50. The van der Waals surface area contributed by atoms with Crippen LogP contribution in [0, 0.1) is 0 Å². The number of carbonyl (C=O) groups is 2. The van der Waals surface area contributed by atoms with Crippen LogP contribution >= 0.6 is 11.3 Å². The van der Waals surface area contributed by atoms with Crippen LogP contribution in [-0.2, 0) is 0 Å². The lowest BCUT2D eigenvalue weighted by Gasteiger charge is -2.09. The van der Waals surface area contributed by atoms with Crippen molar-refractivity contribution >= 4 is 33.8 Å². The fraction of sp³-hybridized carbons (Fsp3) is 0.0667. The molecule has 0 saturated carbocycles. The van der Waals surface area contributed by atoms with Crippen molar-refractivity contribution in [3.63, 3.8) is 0 Å². The fourth-order valence-corrected chi connectivity index (χ4v) is 2.77. The number of nitrogens with zero attached hydrogens (tertiary/aromatic N) is 2. The molecular formula is C15H12N4O3S. The number of hydrogen-bond acceptors (Lipinski definition) is 5. The Bertz CT molecular complexity index is 961. The third kappa shape index (κ3) is 2.71. The van der Waals surface area contributed by atoms with Crippen molar-refractivity contribution in [2.75, 3.05) is 12.4 Å². The van der Waals surface area contributed by atoms with Gasteiger partial charge >= 0.3 is 0 Å². The molecule has 1 aromatic carbocycles. The summed E-state index contributed by atoms with van der Waals surface area (Å²) in [6.45, 7) is 0. The Morgan fingerprint density at radius 2 is 1.96 bits per heavy atom. The average molecular weight is 328 g/mol. The Balaban J connectivity index is 1.97. The number of amides is 2. The lowest BCUT2D eigenvalue weighted by Crippen LogP contribution is -2.27. The van der Waals surface area contributed by atoms with Crippen LogP contribution in [0.1, 0.15) is 20.7 Å². The molecule has 0 fully saturated rings. The zero-order valence-electron chi connectivity index (χ0n) is 12.1. The molecule has 0 radical (unpaired) electrons. The highest BCUT2D eigenvalue weighted by Crippen LogP contribution is 2.15. The molecule has 0 atom stereocenters. The predicted octanol–water partition coefficient (Wildman–Crippen LogP) is 1.37. The van der Waals surface area contributed by atoms with Gasteiger partial charge in [-0.05, 0) is 12.1 Å². The molecule has 3 rings (SSSR count). The van der Waals surface area contributed by atoms with E-state index in [4.69, 9.17) is 0 Å².